The first-order chi connectivity index (χ1) is 17.4. The zero-order valence-corrected chi connectivity index (χ0v) is 21.1. The molecule has 3 aromatic rings. The smallest absolute Gasteiger partial charge is 0.310 e. The van der Waals surface area contributed by atoms with E-state index in [1.165, 1.54) is 4.31 Å². The van der Waals surface area contributed by atoms with Gasteiger partial charge in [-0.15, -0.1) is 0 Å². The van der Waals surface area contributed by atoms with Crippen LogP contribution in [-0.2, 0) is 43.6 Å². The summed E-state index contributed by atoms with van der Waals surface area (Å²) >= 11 is 0. The summed E-state index contributed by atoms with van der Waals surface area (Å²) in [5.41, 5.74) is 4.14. The number of nitrogens with one attached hydrogen (secondary N) is 1. The standard InChI is InChI=1S/C28H30N2O5S/c1-2-35-28(32)20-22-9-14-24(15-10-22)29-27(31)18-13-21-11-16-25(17-12-21)36(33,34)30-19-5-7-23-6-3-4-8-26(23)30/h3-4,6,8-12,14-17H,2,5,7,13,18-20H2,1H3,(H,29,31). The number of amides is 1. The van der Waals surface area contributed by atoms with Crippen molar-refractivity contribution in [3.05, 3.63) is 89.5 Å². The molecule has 0 fully saturated rings. The zero-order chi connectivity index (χ0) is 25.5. The number of benzene rings is 3. The van der Waals surface area contributed by atoms with Gasteiger partial charge in [0.1, 0.15) is 0 Å². The summed E-state index contributed by atoms with van der Waals surface area (Å²) in [5.74, 6) is -0.427. The van der Waals surface area contributed by atoms with E-state index in [1.54, 1.807) is 55.5 Å². The summed E-state index contributed by atoms with van der Waals surface area (Å²) in [6, 6.07) is 21.5. The van der Waals surface area contributed by atoms with E-state index in [-0.39, 0.29) is 29.6 Å². The fraction of sp³-hybridized carbons (Fsp3) is 0.286. The van der Waals surface area contributed by atoms with Crippen LogP contribution in [0.1, 0.15) is 36.5 Å². The molecule has 0 spiro atoms. The van der Waals surface area contributed by atoms with Gasteiger partial charge < -0.3 is 10.1 Å². The maximum absolute atomic E-state index is 13.3. The van der Waals surface area contributed by atoms with Crippen molar-refractivity contribution in [2.45, 2.75) is 43.9 Å². The molecule has 8 heteroatoms. The van der Waals surface area contributed by atoms with E-state index in [4.69, 9.17) is 4.74 Å². The van der Waals surface area contributed by atoms with E-state index in [9.17, 15) is 18.0 Å². The molecular formula is C28H30N2O5S. The molecule has 0 aliphatic carbocycles. The number of fused-ring (bicyclic) bond motifs is 1. The number of sulfonamides is 1. The van der Waals surface area contributed by atoms with Crippen molar-refractivity contribution >= 4 is 33.3 Å². The van der Waals surface area contributed by atoms with Crippen LogP contribution in [0.4, 0.5) is 11.4 Å². The second-order valence-electron chi connectivity index (χ2n) is 8.68. The molecule has 188 valence electrons. The van der Waals surface area contributed by atoms with Crippen LogP contribution < -0.4 is 9.62 Å². The van der Waals surface area contributed by atoms with Gasteiger partial charge >= 0.3 is 5.97 Å². The molecule has 1 N–H and O–H groups in total. The third-order valence-corrected chi connectivity index (χ3v) is 7.94. The fourth-order valence-electron chi connectivity index (χ4n) is 4.27. The predicted octanol–water partition coefficient (Wildman–Crippen LogP) is 4.51. The average molecular weight is 507 g/mol. The second-order valence-corrected chi connectivity index (χ2v) is 10.5. The molecule has 1 heterocycles. The fourth-order valence-corrected chi connectivity index (χ4v) is 5.81. The van der Waals surface area contributed by atoms with Gasteiger partial charge in [-0.05, 0) is 73.2 Å². The Balaban J connectivity index is 1.32. The molecule has 1 aliphatic rings. The molecule has 0 aromatic heterocycles. The second kappa shape index (κ2) is 11.4. The van der Waals surface area contributed by atoms with Crippen molar-refractivity contribution in [1.82, 2.24) is 0 Å². The Bertz CT molecular complexity index is 1320. The Morgan fingerprint density at radius 2 is 1.64 bits per heavy atom. The van der Waals surface area contributed by atoms with Gasteiger partial charge in [0.25, 0.3) is 10.0 Å². The molecule has 7 nitrogen and oxygen atoms in total. The summed E-state index contributed by atoms with van der Waals surface area (Å²) in [6.45, 7) is 2.57. The predicted molar refractivity (Wildman–Crippen MR) is 139 cm³/mol. The van der Waals surface area contributed by atoms with Gasteiger partial charge in [-0.25, -0.2) is 8.42 Å². The van der Waals surface area contributed by atoms with Gasteiger partial charge in [-0.3, -0.25) is 13.9 Å². The minimum Gasteiger partial charge on any atom is -0.466 e. The summed E-state index contributed by atoms with van der Waals surface area (Å²) in [7, 11) is -3.65. The van der Waals surface area contributed by atoms with Crippen molar-refractivity contribution in [2.24, 2.45) is 0 Å². The molecule has 0 saturated carbocycles. The Hall–Kier alpha value is -3.65. The maximum atomic E-state index is 13.3. The largest absolute Gasteiger partial charge is 0.466 e. The highest BCUT2D eigenvalue weighted by Crippen LogP contribution is 2.31. The summed E-state index contributed by atoms with van der Waals surface area (Å²) in [5, 5.41) is 2.85. The number of anilines is 2. The topological polar surface area (TPSA) is 92.8 Å². The van der Waals surface area contributed by atoms with Crippen molar-refractivity contribution < 1.29 is 22.7 Å². The molecule has 0 radical (unpaired) electrons. The van der Waals surface area contributed by atoms with Crippen LogP contribution in [0.3, 0.4) is 0 Å². The van der Waals surface area contributed by atoms with Gasteiger partial charge in [0.15, 0.2) is 0 Å². The van der Waals surface area contributed by atoms with E-state index in [1.807, 2.05) is 24.3 Å². The molecule has 36 heavy (non-hydrogen) atoms. The number of para-hydroxylation sites is 1. The summed E-state index contributed by atoms with van der Waals surface area (Å²) in [4.78, 5) is 24.2. The molecule has 0 saturated heterocycles. The Labute approximate surface area is 212 Å². The number of esters is 1. The minimum atomic E-state index is -3.65. The number of aryl methyl sites for hydroxylation is 2. The van der Waals surface area contributed by atoms with Gasteiger partial charge in [-0.1, -0.05) is 42.5 Å². The SMILES string of the molecule is CCOC(=O)Cc1ccc(NC(=O)CCc2ccc(S(=O)(=O)N3CCCc4ccccc43)cc2)cc1. The van der Waals surface area contributed by atoms with Crippen LogP contribution in [0.5, 0.6) is 0 Å². The monoisotopic (exact) mass is 506 g/mol. The van der Waals surface area contributed by atoms with E-state index < -0.39 is 10.0 Å². The average Bonchev–Trinajstić information content (AvgIpc) is 2.88. The first-order valence-electron chi connectivity index (χ1n) is 12.1. The first-order valence-corrected chi connectivity index (χ1v) is 13.5. The lowest BCUT2D eigenvalue weighted by Crippen LogP contribution is -2.35. The van der Waals surface area contributed by atoms with Crippen molar-refractivity contribution in [3.8, 4) is 0 Å². The van der Waals surface area contributed by atoms with Crippen LogP contribution in [-0.4, -0.2) is 33.4 Å². The van der Waals surface area contributed by atoms with Crippen molar-refractivity contribution in [2.75, 3.05) is 22.8 Å². The Morgan fingerprint density at radius 3 is 2.36 bits per heavy atom. The molecule has 0 atom stereocenters. The highest BCUT2D eigenvalue weighted by atomic mass is 32.2. The van der Waals surface area contributed by atoms with Crippen LogP contribution in [0.2, 0.25) is 0 Å². The normalized spacial score (nSPS) is 13.1. The third-order valence-electron chi connectivity index (χ3n) is 6.11. The summed E-state index contributed by atoms with van der Waals surface area (Å²) in [6.07, 6.45) is 2.60. The van der Waals surface area contributed by atoms with Gasteiger partial charge in [0, 0.05) is 18.7 Å². The van der Waals surface area contributed by atoms with Crippen LogP contribution in [0.25, 0.3) is 0 Å². The molecule has 4 rings (SSSR count). The summed E-state index contributed by atoms with van der Waals surface area (Å²) < 4.78 is 33.0. The van der Waals surface area contributed by atoms with E-state index in [0.29, 0.717) is 25.3 Å². The van der Waals surface area contributed by atoms with E-state index in [2.05, 4.69) is 5.32 Å². The van der Waals surface area contributed by atoms with Crippen LogP contribution >= 0.6 is 0 Å². The van der Waals surface area contributed by atoms with E-state index in [0.717, 1.165) is 35.2 Å². The van der Waals surface area contributed by atoms with Crippen molar-refractivity contribution in [1.29, 1.82) is 0 Å². The highest BCUT2D eigenvalue weighted by Gasteiger charge is 2.28. The Morgan fingerprint density at radius 1 is 0.944 bits per heavy atom. The third kappa shape index (κ3) is 6.12. The lowest BCUT2D eigenvalue weighted by molar-refractivity contribution is -0.142. The lowest BCUT2D eigenvalue weighted by atomic mass is 10.0. The Kier molecular flexibility index (Phi) is 8.05. The van der Waals surface area contributed by atoms with Crippen LogP contribution in [0, 0.1) is 0 Å². The van der Waals surface area contributed by atoms with Gasteiger partial charge in [0.05, 0.1) is 23.6 Å². The highest BCUT2D eigenvalue weighted by molar-refractivity contribution is 7.92. The molecular weight excluding hydrogens is 476 g/mol. The number of ether oxygens (including phenoxy) is 1. The lowest BCUT2D eigenvalue weighted by Gasteiger charge is -2.30. The quantitative estimate of drug-likeness (QED) is 0.431. The number of carbonyl (C=O) groups is 2. The molecule has 1 aliphatic heterocycles. The van der Waals surface area contributed by atoms with Gasteiger partial charge in [0.2, 0.25) is 5.91 Å². The first kappa shape index (κ1) is 25.4. The number of hydrogen-bond donors (Lipinski definition) is 1. The number of rotatable bonds is 9. The zero-order valence-electron chi connectivity index (χ0n) is 20.3. The number of hydrogen-bond acceptors (Lipinski definition) is 5. The van der Waals surface area contributed by atoms with Crippen molar-refractivity contribution in [3.63, 3.8) is 0 Å². The minimum absolute atomic E-state index is 0.144. The molecule has 0 unspecified atom stereocenters. The maximum Gasteiger partial charge on any atom is 0.310 e. The molecule has 0 bridgehead atoms. The molecule has 3 aromatic carbocycles. The number of carbonyl (C=O) groups excluding carboxylic acids is 2. The molecule has 1 amide bonds. The van der Waals surface area contributed by atoms with E-state index >= 15 is 0 Å². The van der Waals surface area contributed by atoms with Gasteiger partial charge in [-0.2, -0.15) is 0 Å². The number of nitrogens with zero attached hydrogens (tertiary/aromatic N) is 1. The van der Waals surface area contributed by atoms with Crippen LogP contribution in [0.15, 0.2) is 77.7 Å².